The zero-order chi connectivity index (χ0) is 11.6. The number of rotatable bonds is 1. The number of nitrogens with zero attached hydrogens (tertiary/aromatic N) is 3. The SMILES string of the molecule is CC1(O)CCCN(c2ccnc(Cl)n2)CC1. The molecule has 0 spiro atoms. The first-order valence-corrected chi connectivity index (χ1v) is 5.90. The first kappa shape index (κ1) is 11.6. The molecule has 1 unspecified atom stereocenters. The average molecular weight is 242 g/mol. The Balaban J connectivity index is 2.11. The third kappa shape index (κ3) is 2.83. The van der Waals surface area contributed by atoms with Crippen molar-refractivity contribution in [2.45, 2.75) is 31.8 Å². The summed E-state index contributed by atoms with van der Waals surface area (Å²) >= 11 is 5.76. The van der Waals surface area contributed by atoms with Crippen LogP contribution in [0.15, 0.2) is 12.3 Å². The van der Waals surface area contributed by atoms with Crippen molar-refractivity contribution < 1.29 is 5.11 Å². The number of aliphatic hydroxyl groups is 1. The second kappa shape index (κ2) is 4.55. The Morgan fingerprint density at radius 2 is 2.25 bits per heavy atom. The highest BCUT2D eigenvalue weighted by Crippen LogP contribution is 2.24. The highest BCUT2D eigenvalue weighted by molar-refractivity contribution is 6.28. The van der Waals surface area contributed by atoms with Gasteiger partial charge in [-0.25, -0.2) is 9.97 Å². The third-order valence-electron chi connectivity index (χ3n) is 3.00. The maximum atomic E-state index is 9.99. The molecule has 1 saturated heterocycles. The van der Waals surface area contributed by atoms with E-state index in [1.54, 1.807) is 6.20 Å². The summed E-state index contributed by atoms with van der Waals surface area (Å²) in [5, 5.41) is 10.3. The Labute approximate surface area is 100 Å². The van der Waals surface area contributed by atoms with E-state index in [1.165, 1.54) is 0 Å². The maximum absolute atomic E-state index is 9.99. The molecule has 0 saturated carbocycles. The molecule has 2 heterocycles. The smallest absolute Gasteiger partial charge is 0.224 e. The van der Waals surface area contributed by atoms with Gasteiger partial charge in [-0.2, -0.15) is 0 Å². The van der Waals surface area contributed by atoms with Crippen LogP contribution in [-0.4, -0.2) is 33.8 Å². The van der Waals surface area contributed by atoms with Gasteiger partial charge in [-0.1, -0.05) is 0 Å². The zero-order valence-corrected chi connectivity index (χ0v) is 10.1. The van der Waals surface area contributed by atoms with Crippen LogP contribution in [0.4, 0.5) is 5.82 Å². The Morgan fingerprint density at radius 1 is 1.44 bits per heavy atom. The van der Waals surface area contributed by atoms with Gasteiger partial charge in [0.05, 0.1) is 5.60 Å². The van der Waals surface area contributed by atoms with Crippen LogP contribution in [0, 0.1) is 0 Å². The van der Waals surface area contributed by atoms with Crippen LogP contribution in [0.3, 0.4) is 0 Å². The summed E-state index contributed by atoms with van der Waals surface area (Å²) in [5.41, 5.74) is -0.550. The van der Waals surface area contributed by atoms with E-state index in [2.05, 4.69) is 14.9 Å². The topological polar surface area (TPSA) is 49.2 Å². The standard InChI is InChI=1S/C11H16ClN3O/c1-11(16)4-2-7-15(8-5-11)9-3-6-13-10(12)14-9/h3,6,16H,2,4-5,7-8H2,1H3. The van der Waals surface area contributed by atoms with Crippen molar-refractivity contribution >= 4 is 17.4 Å². The van der Waals surface area contributed by atoms with E-state index < -0.39 is 5.60 Å². The lowest BCUT2D eigenvalue weighted by Crippen LogP contribution is -2.28. The predicted octanol–water partition coefficient (Wildman–Crippen LogP) is 1.87. The van der Waals surface area contributed by atoms with Crippen molar-refractivity contribution in [1.82, 2.24) is 9.97 Å². The Morgan fingerprint density at radius 3 is 3.00 bits per heavy atom. The van der Waals surface area contributed by atoms with E-state index in [9.17, 15) is 5.11 Å². The maximum Gasteiger partial charge on any atom is 0.224 e. The molecule has 0 bridgehead atoms. The fourth-order valence-electron chi connectivity index (χ4n) is 1.99. The quantitative estimate of drug-likeness (QED) is 0.763. The molecule has 1 aliphatic heterocycles. The van der Waals surface area contributed by atoms with E-state index in [0.29, 0.717) is 0 Å². The summed E-state index contributed by atoms with van der Waals surface area (Å²) < 4.78 is 0. The first-order chi connectivity index (χ1) is 7.57. The van der Waals surface area contributed by atoms with Gasteiger partial charge in [0.25, 0.3) is 0 Å². The molecule has 0 aliphatic carbocycles. The van der Waals surface area contributed by atoms with Crippen molar-refractivity contribution in [3.05, 3.63) is 17.5 Å². The number of anilines is 1. The summed E-state index contributed by atoms with van der Waals surface area (Å²) in [6, 6.07) is 1.85. The van der Waals surface area contributed by atoms with Gasteiger partial charge in [0.2, 0.25) is 5.28 Å². The van der Waals surface area contributed by atoms with Crippen LogP contribution in [-0.2, 0) is 0 Å². The molecule has 1 aromatic heterocycles. The summed E-state index contributed by atoms with van der Waals surface area (Å²) in [5.74, 6) is 0.845. The molecular formula is C11H16ClN3O. The molecule has 1 aromatic rings. The number of aromatic nitrogens is 2. The van der Waals surface area contributed by atoms with Crippen molar-refractivity contribution in [3.8, 4) is 0 Å². The van der Waals surface area contributed by atoms with Crippen molar-refractivity contribution in [3.63, 3.8) is 0 Å². The Kier molecular flexibility index (Phi) is 3.30. The van der Waals surface area contributed by atoms with Gasteiger partial charge >= 0.3 is 0 Å². The minimum atomic E-state index is -0.550. The van der Waals surface area contributed by atoms with E-state index in [1.807, 2.05) is 13.0 Å². The number of hydrogen-bond acceptors (Lipinski definition) is 4. The third-order valence-corrected chi connectivity index (χ3v) is 3.18. The van der Waals surface area contributed by atoms with Crippen LogP contribution in [0.1, 0.15) is 26.2 Å². The first-order valence-electron chi connectivity index (χ1n) is 5.53. The lowest BCUT2D eigenvalue weighted by atomic mass is 9.98. The lowest BCUT2D eigenvalue weighted by Gasteiger charge is -2.23. The molecular weight excluding hydrogens is 226 g/mol. The number of halogens is 1. The predicted molar refractivity (Wildman–Crippen MR) is 63.7 cm³/mol. The van der Waals surface area contributed by atoms with Crippen molar-refractivity contribution in [1.29, 1.82) is 0 Å². The van der Waals surface area contributed by atoms with Crippen LogP contribution < -0.4 is 4.90 Å². The fourth-order valence-corrected chi connectivity index (χ4v) is 2.14. The van der Waals surface area contributed by atoms with E-state index in [-0.39, 0.29) is 5.28 Å². The van der Waals surface area contributed by atoms with Gasteiger partial charge in [-0.3, -0.25) is 0 Å². The minimum Gasteiger partial charge on any atom is -0.390 e. The molecule has 1 aliphatic rings. The molecule has 4 nitrogen and oxygen atoms in total. The van der Waals surface area contributed by atoms with Gasteiger partial charge in [0, 0.05) is 19.3 Å². The molecule has 0 radical (unpaired) electrons. The second-order valence-corrected chi connectivity index (χ2v) is 4.86. The molecule has 1 atom stereocenters. The average Bonchev–Trinajstić information content (AvgIpc) is 2.39. The van der Waals surface area contributed by atoms with E-state index in [4.69, 9.17) is 11.6 Å². The molecule has 5 heteroatoms. The normalized spacial score (nSPS) is 26.6. The molecule has 2 rings (SSSR count). The molecule has 1 N–H and O–H groups in total. The van der Waals surface area contributed by atoms with Crippen molar-refractivity contribution in [2.75, 3.05) is 18.0 Å². The lowest BCUT2D eigenvalue weighted by molar-refractivity contribution is 0.0481. The highest BCUT2D eigenvalue weighted by Gasteiger charge is 2.25. The summed E-state index contributed by atoms with van der Waals surface area (Å²) in [6.07, 6.45) is 4.22. The van der Waals surface area contributed by atoms with Crippen LogP contribution in [0.2, 0.25) is 5.28 Å². The van der Waals surface area contributed by atoms with Crippen molar-refractivity contribution in [2.24, 2.45) is 0 Å². The minimum absolute atomic E-state index is 0.272. The largest absolute Gasteiger partial charge is 0.390 e. The summed E-state index contributed by atoms with van der Waals surface area (Å²) in [6.45, 7) is 3.60. The van der Waals surface area contributed by atoms with Crippen LogP contribution >= 0.6 is 11.6 Å². The van der Waals surface area contributed by atoms with Gasteiger partial charge in [-0.05, 0) is 43.9 Å². The molecule has 16 heavy (non-hydrogen) atoms. The highest BCUT2D eigenvalue weighted by atomic mass is 35.5. The van der Waals surface area contributed by atoms with Crippen LogP contribution in [0.25, 0.3) is 0 Å². The molecule has 1 fully saturated rings. The van der Waals surface area contributed by atoms with Crippen LogP contribution in [0.5, 0.6) is 0 Å². The van der Waals surface area contributed by atoms with Gasteiger partial charge < -0.3 is 10.0 Å². The molecule has 0 amide bonds. The monoisotopic (exact) mass is 241 g/mol. The van der Waals surface area contributed by atoms with E-state index >= 15 is 0 Å². The Hall–Kier alpha value is -0.870. The van der Waals surface area contributed by atoms with Gasteiger partial charge in [0.15, 0.2) is 0 Å². The second-order valence-electron chi connectivity index (χ2n) is 4.52. The zero-order valence-electron chi connectivity index (χ0n) is 9.36. The van der Waals surface area contributed by atoms with E-state index in [0.717, 1.165) is 38.2 Å². The Bertz CT molecular complexity index is 370. The summed E-state index contributed by atoms with van der Waals surface area (Å²) in [4.78, 5) is 10.2. The van der Waals surface area contributed by atoms with Gasteiger partial charge in [0.1, 0.15) is 5.82 Å². The summed E-state index contributed by atoms with van der Waals surface area (Å²) in [7, 11) is 0. The molecule has 88 valence electrons. The fraction of sp³-hybridized carbons (Fsp3) is 0.636. The molecule has 0 aromatic carbocycles. The van der Waals surface area contributed by atoms with Gasteiger partial charge in [-0.15, -0.1) is 0 Å². The number of hydrogen-bond donors (Lipinski definition) is 1.